The van der Waals surface area contributed by atoms with E-state index in [0.717, 1.165) is 0 Å². The topological polar surface area (TPSA) is 98.5 Å². The number of nitrogens with zero attached hydrogens (tertiary/aromatic N) is 2. The zero-order valence-corrected chi connectivity index (χ0v) is 15.4. The first kappa shape index (κ1) is 21.5. The molecular formula is C13H9B4Cl2N3O3S. The lowest BCUT2D eigenvalue weighted by Crippen LogP contribution is -2.67. The largest absolute Gasteiger partial charge is 0.408 e. The van der Waals surface area contributed by atoms with Gasteiger partial charge < -0.3 is 20.6 Å². The zero-order valence-electron chi connectivity index (χ0n) is 13.1. The summed E-state index contributed by atoms with van der Waals surface area (Å²) in [7, 11) is 21.9. The minimum Gasteiger partial charge on any atom is -0.408 e. The fraction of sp³-hybridized carbons (Fsp3) is 0.231. The average molecular weight is 401 g/mol. The predicted octanol–water partition coefficient (Wildman–Crippen LogP) is 0.274. The second-order valence-electron chi connectivity index (χ2n) is 5.35. The summed E-state index contributed by atoms with van der Waals surface area (Å²) in [5.74, 6) is 0.185. The van der Waals surface area contributed by atoms with Crippen LogP contribution in [0.1, 0.15) is 0 Å². The maximum atomic E-state index is 9.92. The van der Waals surface area contributed by atoms with Crippen LogP contribution < -0.4 is 5.32 Å². The first-order chi connectivity index (χ1) is 11.8. The standard InChI is InChI=1S/C13H9B4Cl2N3O3S/c14-11(12(15,16)23,13(17,24)25)26-8-4-2-1-3-7(8)21-9-6(18)5-20-10(19)22-9/h1-5,23-25H,(H,20,21,22). The normalized spacial score (nSPS) is 14.7. The molecule has 0 saturated heterocycles. The summed E-state index contributed by atoms with van der Waals surface area (Å²) in [5, 5.41) is 29.8. The van der Waals surface area contributed by atoms with Crippen LogP contribution in [-0.4, -0.2) is 72.4 Å². The van der Waals surface area contributed by atoms with E-state index in [4.69, 9.17) is 54.6 Å². The molecule has 2 aromatic rings. The first-order valence-electron chi connectivity index (χ1n) is 6.91. The number of halogens is 2. The van der Waals surface area contributed by atoms with Gasteiger partial charge in [0.15, 0.2) is 13.7 Å². The van der Waals surface area contributed by atoms with Crippen LogP contribution in [0.5, 0.6) is 0 Å². The predicted molar refractivity (Wildman–Crippen MR) is 105 cm³/mol. The van der Waals surface area contributed by atoms with Crippen molar-refractivity contribution in [2.45, 2.75) is 20.6 Å². The van der Waals surface area contributed by atoms with Crippen LogP contribution in [0, 0.1) is 0 Å². The maximum absolute atomic E-state index is 9.92. The molecule has 6 nitrogen and oxygen atoms in total. The Morgan fingerprint density at radius 2 is 1.65 bits per heavy atom. The molecule has 0 aliphatic rings. The molecule has 0 aliphatic heterocycles. The Labute approximate surface area is 169 Å². The Bertz CT molecular complexity index is 791. The number of thioether (sulfide) groups is 1. The molecule has 8 radical (unpaired) electrons. The molecule has 1 unspecified atom stereocenters. The molecule has 4 N–H and O–H groups in total. The van der Waals surface area contributed by atoms with Crippen LogP contribution in [0.2, 0.25) is 10.3 Å². The Hall–Kier alpha value is -0.830. The van der Waals surface area contributed by atoms with Gasteiger partial charge in [-0.2, -0.15) is 4.98 Å². The quantitative estimate of drug-likeness (QED) is 0.239. The highest BCUT2D eigenvalue weighted by Gasteiger charge is 2.50. The lowest BCUT2D eigenvalue weighted by molar-refractivity contribution is -0.113. The number of benzene rings is 1. The van der Waals surface area contributed by atoms with Crippen LogP contribution >= 0.6 is 35.0 Å². The second kappa shape index (κ2) is 7.66. The Morgan fingerprint density at radius 1 is 1.04 bits per heavy atom. The van der Waals surface area contributed by atoms with Crippen molar-refractivity contribution in [3.05, 3.63) is 40.8 Å². The second-order valence-corrected chi connectivity index (χ2v) is 7.38. The van der Waals surface area contributed by atoms with E-state index in [1.54, 1.807) is 24.3 Å². The van der Waals surface area contributed by atoms with Crippen molar-refractivity contribution in [1.29, 1.82) is 0 Å². The highest BCUT2D eigenvalue weighted by atomic mass is 35.5. The molecule has 26 heavy (non-hydrogen) atoms. The van der Waals surface area contributed by atoms with Crippen molar-refractivity contribution in [2.75, 3.05) is 5.32 Å². The van der Waals surface area contributed by atoms with Gasteiger partial charge in [-0.1, -0.05) is 23.7 Å². The number of hydrogen-bond donors (Lipinski definition) is 4. The SMILES string of the molecule is [B]C([B])(O)C([B])(Sc1ccccc1Nc1nc(Cl)ncc1Cl)C([B])(O)O. The summed E-state index contributed by atoms with van der Waals surface area (Å²) in [6.45, 7) is 0. The van der Waals surface area contributed by atoms with Crippen molar-refractivity contribution in [1.82, 2.24) is 9.97 Å². The molecule has 13 heteroatoms. The number of hydrogen-bond acceptors (Lipinski definition) is 7. The van der Waals surface area contributed by atoms with E-state index in [-0.39, 0.29) is 16.1 Å². The molecular weight excluding hydrogens is 392 g/mol. The van der Waals surface area contributed by atoms with Gasteiger partial charge in [0.05, 0.1) is 19.7 Å². The third-order valence-electron chi connectivity index (χ3n) is 3.27. The highest BCUT2D eigenvalue weighted by Crippen LogP contribution is 2.44. The average Bonchev–Trinajstić information content (AvgIpc) is 2.50. The zero-order chi connectivity index (χ0) is 19.8. The first-order valence-corrected chi connectivity index (χ1v) is 8.48. The van der Waals surface area contributed by atoms with Crippen molar-refractivity contribution >= 4 is 77.9 Å². The van der Waals surface area contributed by atoms with E-state index in [1.807, 2.05) is 0 Å². The van der Waals surface area contributed by atoms with Gasteiger partial charge in [-0.3, -0.25) is 0 Å². The van der Waals surface area contributed by atoms with Crippen molar-refractivity contribution in [3.8, 4) is 0 Å². The lowest BCUT2D eigenvalue weighted by Gasteiger charge is -2.49. The highest BCUT2D eigenvalue weighted by molar-refractivity contribution is 8.02. The molecule has 0 aliphatic carbocycles. The number of rotatable bonds is 6. The van der Waals surface area contributed by atoms with Crippen LogP contribution in [0.15, 0.2) is 35.4 Å². The third-order valence-corrected chi connectivity index (χ3v) is 5.25. The molecule has 0 fully saturated rings. The van der Waals surface area contributed by atoms with Gasteiger partial charge in [-0.05, 0) is 29.1 Å². The summed E-state index contributed by atoms with van der Waals surface area (Å²) in [5.41, 5.74) is -2.75. The molecule has 2 rings (SSSR count). The summed E-state index contributed by atoms with van der Waals surface area (Å²) in [6, 6.07) is 6.45. The van der Waals surface area contributed by atoms with Crippen molar-refractivity contribution < 1.29 is 15.3 Å². The minimum absolute atomic E-state index is 0.0415. The van der Waals surface area contributed by atoms with Crippen LogP contribution in [0.3, 0.4) is 0 Å². The molecule has 0 spiro atoms. The minimum atomic E-state index is -3.13. The molecule has 1 aromatic carbocycles. The number of para-hydroxylation sites is 1. The Kier molecular flexibility index (Phi) is 6.32. The van der Waals surface area contributed by atoms with Crippen molar-refractivity contribution in [2.24, 2.45) is 0 Å². The van der Waals surface area contributed by atoms with Gasteiger partial charge >= 0.3 is 0 Å². The Balaban J connectivity index is 2.44. The third kappa shape index (κ3) is 4.52. The monoisotopic (exact) mass is 401 g/mol. The molecule has 126 valence electrons. The van der Waals surface area contributed by atoms with Crippen LogP contribution in [0.25, 0.3) is 0 Å². The Morgan fingerprint density at radius 3 is 2.23 bits per heavy atom. The number of nitrogens with one attached hydrogen (secondary N) is 1. The van der Waals surface area contributed by atoms with Gasteiger partial charge in [0.2, 0.25) is 5.28 Å². The molecule has 1 atom stereocenters. The molecule has 0 bridgehead atoms. The van der Waals surface area contributed by atoms with E-state index >= 15 is 0 Å². The summed E-state index contributed by atoms with van der Waals surface area (Å²) >= 11 is 12.3. The van der Waals surface area contributed by atoms with E-state index in [0.29, 0.717) is 22.3 Å². The number of aromatic nitrogens is 2. The molecule has 0 saturated carbocycles. The van der Waals surface area contributed by atoms with Crippen LogP contribution in [-0.2, 0) is 0 Å². The van der Waals surface area contributed by atoms with E-state index in [1.165, 1.54) is 6.20 Å². The maximum Gasteiger partial charge on any atom is 0.224 e. The van der Waals surface area contributed by atoms with Gasteiger partial charge in [0.25, 0.3) is 0 Å². The number of anilines is 2. The molecule has 0 amide bonds. The van der Waals surface area contributed by atoms with Crippen LogP contribution in [0.4, 0.5) is 11.5 Å². The molecule has 1 aromatic heterocycles. The lowest BCUT2D eigenvalue weighted by atomic mass is 9.46. The summed E-state index contributed by atoms with van der Waals surface area (Å²) in [4.78, 5) is 7.99. The van der Waals surface area contributed by atoms with Gasteiger partial charge in [-0.15, -0.1) is 11.8 Å². The van der Waals surface area contributed by atoms with Gasteiger partial charge in [0.1, 0.15) is 26.4 Å². The fourth-order valence-electron chi connectivity index (χ4n) is 1.84. The number of aliphatic hydroxyl groups is 3. The van der Waals surface area contributed by atoms with Crippen molar-refractivity contribution in [3.63, 3.8) is 0 Å². The fourth-order valence-corrected chi connectivity index (χ4v) is 3.15. The summed E-state index contributed by atoms with van der Waals surface area (Å²) < 4.78 is -2.51. The smallest absolute Gasteiger partial charge is 0.224 e. The van der Waals surface area contributed by atoms with E-state index < -0.39 is 15.7 Å². The summed E-state index contributed by atoms with van der Waals surface area (Å²) in [6.07, 6.45) is 1.30. The van der Waals surface area contributed by atoms with Gasteiger partial charge in [-0.25, -0.2) is 4.98 Å². The molecule has 1 heterocycles. The van der Waals surface area contributed by atoms with E-state index in [9.17, 15) is 15.3 Å². The van der Waals surface area contributed by atoms with Gasteiger partial charge in [0, 0.05) is 9.54 Å². The van der Waals surface area contributed by atoms with E-state index in [2.05, 4.69) is 15.3 Å².